The molecule has 1 amide bonds. The van der Waals surface area contributed by atoms with E-state index in [2.05, 4.69) is 42.0 Å². The first-order valence-corrected chi connectivity index (χ1v) is 6.94. The molecule has 0 radical (unpaired) electrons. The van der Waals surface area contributed by atoms with E-state index in [1.54, 1.807) is 0 Å². The van der Waals surface area contributed by atoms with Crippen LogP contribution in [-0.2, 0) is 0 Å². The molecule has 1 aromatic heterocycles. The van der Waals surface area contributed by atoms with Crippen LogP contribution >= 0.6 is 15.9 Å². The molecule has 2 atom stereocenters. The molecule has 1 aliphatic rings. The summed E-state index contributed by atoms with van der Waals surface area (Å²) >= 11 is 3.42. The number of nitrogens with one attached hydrogen (secondary N) is 1. The Morgan fingerprint density at radius 1 is 1.65 bits per heavy atom. The second-order valence-electron chi connectivity index (χ2n) is 5.23. The maximum Gasteiger partial charge on any atom is 0.267 e. The molecule has 2 unspecified atom stereocenters. The van der Waals surface area contributed by atoms with E-state index in [9.17, 15) is 4.79 Å². The van der Waals surface area contributed by atoms with Crippen molar-refractivity contribution >= 4 is 21.8 Å². The van der Waals surface area contributed by atoms with Gasteiger partial charge in [0.05, 0.1) is 0 Å². The van der Waals surface area contributed by atoms with Gasteiger partial charge >= 0.3 is 0 Å². The van der Waals surface area contributed by atoms with Gasteiger partial charge in [-0.3, -0.25) is 4.79 Å². The number of rotatable bonds is 4. The molecular formula is C13H19BrN2O. The van der Waals surface area contributed by atoms with Gasteiger partial charge in [0, 0.05) is 23.3 Å². The Kier molecular flexibility index (Phi) is 3.61. The largest absolute Gasteiger partial charge is 0.350 e. The third kappa shape index (κ3) is 2.92. The SMILES string of the molecule is CC1CC1CNC(=O)c1cc(Br)cn1C(C)C. The summed E-state index contributed by atoms with van der Waals surface area (Å²) in [5, 5.41) is 3.02. The van der Waals surface area contributed by atoms with Crippen LogP contribution in [0.2, 0.25) is 0 Å². The molecule has 94 valence electrons. The zero-order valence-electron chi connectivity index (χ0n) is 10.5. The lowest BCUT2D eigenvalue weighted by atomic mass is 10.3. The van der Waals surface area contributed by atoms with Crippen molar-refractivity contribution in [2.24, 2.45) is 11.8 Å². The minimum atomic E-state index is 0.0310. The molecule has 1 fully saturated rings. The molecule has 2 rings (SSSR count). The van der Waals surface area contributed by atoms with E-state index in [4.69, 9.17) is 0 Å². The molecule has 0 aliphatic heterocycles. The summed E-state index contributed by atoms with van der Waals surface area (Å²) < 4.78 is 2.95. The third-order valence-corrected chi connectivity index (χ3v) is 3.84. The van der Waals surface area contributed by atoms with Crippen molar-refractivity contribution in [3.63, 3.8) is 0 Å². The van der Waals surface area contributed by atoms with Gasteiger partial charge in [-0.25, -0.2) is 0 Å². The molecule has 0 spiro atoms. The highest BCUT2D eigenvalue weighted by Crippen LogP contribution is 2.36. The molecule has 4 heteroatoms. The minimum Gasteiger partial charge on any atom is -0.350 e. The van der Waals surface area contributed by atoms with Crippen molar-refractivity contribution in [3.05, 3.63) is 22.4 Å². The molecular weight excluding hydrogens is 280 g/mol. The number of nitrogens with zero attached hydrogens (tertiary/aromatic N) is 1. The lowest BCUT2D eigenvalue weighted by Crippen LogP contribution is -2.28. The van der Waals surface area contributed by atoms with Crippen LogP contribution in [0.5, 0.6) is 0 Å². The summed E-state index contributed by atoms with van der Waals surface area (Å²) in [5.74, 6) is 1.49. The first-order valence-electron chi connectivity index (χ1n) is 6.14. The summed E-state index contributed by atoms with van der Waals surface area (Å²) in [5.41, 5.74) is 0.736. The van der Waals surface area contributed by atoms with Crippen LogP contribution in [0.15, 0.2) is 16.7 Å². The Hall–Kier alpha value is -0.770. The highest BCUT2D eigenvalue weighted by atomic mass is 79.9. The smallest absolute Gasteiger partial charge is 0.267 e. The first kappa shape index (κ1) is 12.7. The number of carbonyl (C=O) groups excluding carboxylic acids is 1. The summed E-state index contributed by atoms with van der Waals surface area (Å²) in [6, 6.07) is 2.17. The van der Waals surface area contributed by atoms with Crippen LogP contribution in [0.1, 0.15) is 43.7 Å². The average Bonchev–Trinajstić information content (AvgIpc) is 2.80. The average molecular weight is 299 g/mol. The Balaban J connectivity index is 2.02. The molecule has 1 heterocycles. The number of hydrogen-bond donors (Lipinski definition) is 1. The maximum absolute atomic E-state index is 12.1. The van der Waals surface area contributed by atoms with Gasteiger partial charge in [0.1, 0.15) is 5.69 Å². The monoisotopic (exact) mass is 298 g/mol. The fourth-order valence-electron chi connectivity index (χ4n) is 2.05. The number of hydrogen-bond acceptors (Lipinski definition) is 1. The Morgan fingerprint density at radius 3 is 2.82 bits per heavy atom. The molecule has 17 heavy (non-hydrogen) atoms. The van der Waals surface area contributed by atoms with E-state index in [-0.39, 0.29) is 5.91 Å². The van der Waals surface area contributed by atoms with E-state index in [1.165, 1.54) is 6.42 Å². The van der Waals surface area contributed by atoms with Gasteiger partial charge < -0.3 is 9.88 Å². The lowest BCUT2D eigenvalue weighted by Gasteiger charge is -2.12. The quantitative estimate of drug-likeness (QED) is 0.910. The Labute approximate surface area is 111 Å². The molecule has 0 saturated heterocycles. The van der Waals surface area contributed by atoms with Crippen molar-refractivity contribution < 1.29 is 4.79 Å². The van der Waals surface area contributed by atoms with Gasteiger partial charge in [-0.1, -0.05) is 6.92 Å². The molecule has 0 bridgehead atoms. The topological polar surface area (TPSA) is 34.0 Å². The van der Waals surface area contributed by atoms with E-state index in [0.717, 1.165) is 22.6 Å². The molecule has 1 aromatic rings. The second kappa shape index (κ2) is 4.84. The molecule has 1 aliphatic carbocycles. The first-order chi connectivity index (χ1) is 7.99. The zero-order chi connectivity index (χ0) is 12.6. The van der Waals surface area contributed by atoms with Crippen LogP contribution in [0.4, 0.5) is 0 Å². The normalized spacial score (nSPS) is 22.9. The minimum absolute atomic E-state index is 0.0310. The summed E-state index contributed by atoms with van der Waals surface area (Å²) in [6.45, 7) is 7.18. The zero-order valence-corrected chi connectivity index (χ0v) is 12.1. The van der Waals surface area contributed by atoms with Crippen LogP contribution in [-0.4, -0.2) is 17.0 Å². The van der Waals surface area contributed by atoms with Crippen molar-refractivity contribution in [2.45, 2.75) is 33.2 Å². The van der Waals surface area contributed by atoms with Gasteiger partial charge in [-0.05, 0) is 54.1 Å². The fraction of sp³-hybridized carbons (Fsp3) is 0.615. The standard InChI is InChI=1S/C13H19BrN2O/c1-8(2)16-7-11(14)5-12(16)13(17)15-6-10-4-9(10)3/h5,7-10H,4,6H2,1-3H3,(H,15,17). The van der Waals surface area contributed by atoms with E-state index in [0.29, 0.717) is 12.0 Å². The number of aromatic nitrogens is 1. The Bertz CT molecular complexity index is 425. The van der Waals surface area contributed by atoms with Crippen LogP contribution in [0.25, 0.3) is 0 Å². The summed E-state index contributed by atoms with van der Waals surface area (Å²) in [6.07, 6.45) is 3.20. The van der Waals surface area contributed by atoms with Gasteiger partial charge in [-0.15, -0.1) is 0 Å². The Morgan fingerprint density at radius 2 is 2.29 bits per heavy atom. The van der Waals surface area contributed by atoms with Crippen molar-refractivity contribution in [2.75, 3.05) is 6.54 Å². The van der Waals surface area contributed by atoms with Crippen molar-refractivity contribution in [1.82, 2.24) is 9.88 Å². The summed E-state index contributed by atoms with van der Waals surface area (Å²) in [4.78, 5) is 12.1. The predicted octanol–water partition coefficient (Wildman–Crippen LogP) is 3.22. The molecule has 0 aromatic carbocycles. The van der Waals surface area contributed by atoms with E-state index >= 15 is 0 Å². The number of amides is 1. The van der Waals surface area contributed by atoms with Gasteiger partial charge in [0.25, 0.3) is 5.91 Å². The van der Waals surface area contributed by atoms with Crippen LogP contribution < -0.4 is 5.32 Å². The number of halogens is 1. The maximum atomic E-state index is 12.1. The van der Waals surface area contributed by atoms with E-state index in [1.807, 2.05) is 16.8 Å². The lowest BCUT2D eigenvalue weighted by molar-refractivity contribution is 0.0940. The second-order valence-corrected chi connectivity index (χ2v) is 6.14. The van der Waals surface area contributed by atoms with Gasteiger partial charge in [0.15, 0.2) is 0 Å². The predicted molar refractivity (Wildman–Crippen MR) is 72.1 cm³/mol. The number of carbonyl (C=O) groups is 1. The highest BCUT2D eigenvalue weighted by Gasteiger charge is 2.32. The van der Waals surface area contributed by atoms with Crippen LogP contribution in [0.3, 0.4) is 0 Å². The van der Waals surface area contributed by atoms with E-state index < -0.39 is 0 Å². The van der Waals surface area contributed by atoms with Crippen LogP contribution in [0, 0.1) is 11.8 Å². The summed E-state index contributed by atoms with van der Waals surface area (Å²) in [7, 11) is 0. The fourth-order valence-corrected chi connectivity index (χ4v) is 2.49. The van der Waals surface area contributed by atoms with Crippen molar-refractivity contribution in [1.29, 1.82) is 0 Å². The third-order valence-electron chi connectivity index (χ3n) is 3.41. The van der Waals surface area contributed by atoms with Gasteiger partial charge in [-0.2, -0.15) is 0 Å². The highest BCUT2D eigenvalue weighted by molar-refractivity contribution is 9.10. The molecule has 1 saturated carbocycles. The molecule has 1 N–H and O–H groups in total. The van der Waals surface area contributed by atoms with Crippen molar-refractivity contribution in [3.8, 4) is 0 Å². The molecule has 3 nitrogen and oxygen atoms in total. The van der Waals surface area contributed by atoms with Gasteiger partial charge in [0.2, 0.25) is 0 Å².